The van der Waals surface area contributed by atoms with Crippen molar-refractivity contribution >= 4 is 18.1 Å². The molecule has 1 heterocycles. The maximum Gasteiger partial charge on any atom is 0.395 e. The molecule has 1 amide bonds. The summed E-state index contributed by atoms with van der Waals surface area (Å²) in [6.45, 7) is 0. The second-order valence-corrected chi connectivity index (χ2v) is 3.13. The minimum absolute atomic E-state index is 0.694. The molecule has 16 heavy (non-hydrogen) atoms. The van der Waals surface area contributed by atoms with Gasteiger partial charge in [-0.05, 0) is 6.07 Å². The van der Waals surface area contributed by atoms with Gasteiger partial charge in [0.15, 0.2) is 0 Å². The fraction of sp³-hybridized carbons (Fsp3) is 0. The van der Waals surface area contributed by atoms with Crippen LogP contribution in [0.1, 0.15) is 0 Å². The zero-order chi connectivity index (χ0) is 11.5. The number of carbonyl (C=O) groups is 2. The molecule has 0 unspecified atom stereocenters. The minimum Gasteiger partial charge on any atom is -0.474 e. The molecule has 80 valence electrons. The van der Waals surface area contributed by atoms with Crippen LogP contribution in [0.25, 0.3) is 6.20 Å². The van der Waals surface area contributed by atoms with Gasteiger partial charge in [0.05, 0.1) is 5.36 Å². The first-order valence-corrected chi connectivity index (χ1v) is 4.55. The topological polar surface area (TPSA) is 70.0 Å². The van der Waals surface area contributed by atoms with Gasteiger partial charge < -0.3 is 5.11 Å². The van der Waals surface area contributed by atoms with Crippen LogP contribution < -0.4 is 10.6 Å². The summed E-state index contributed by atoms with van der Waals surface area (Å²) < 4.78 is 0. The number of fused-ring (bicyclic) bond motifs is 1. The lowest BCUT2D eigenvalue weighted by Crippen LogP contribution is -2.32. The monoisotopic (exact) mass is 216 g/mol. The fourth-order valence-electron chi connectivity index (χ4n) is 1.33. The van der Waals surface area contributed by atoms with Gasteiger partial charge in [-0.3, -0.25) is 14.7 Å². The highest BCUT2D eigenvalue weighted by Crippen LogP contribution is 1.95. The van der Waals surface area contributed by atoms with Gasteiger partial charge in [0.2, 0.25) is 0 Å². The standard InChI is InChI=1S/C11H8N2O3/c14-10(11(15)16)13-6-5-12-9-4-2-1-3-8(9)7-13/h1-7H,(H,15,16). The SMILES string of the molecule is O=C(O)C(=O)N1C=CN=c2ccccc2=C1. The summed E-state index contributed by atoms with van der Waals surface area (Å²) in [5, 5.41) is 9.99. The molecule has 0 aromatic heterocycles. The van der Waals surface area contributed by atoms with Crippen LogP contribution in [-0.2, 0) is 9.59 Å². The van der Waals surface area contributed by atoms with Crippen molar-refractivity contribution in [1.82, 2.24) is 4.90 Å². The minimum atomic E-state index is -1.50. The molecule has 0 spiro atoms. The predicted octanol–water partition coefficient (Wildman–Crippen LogP) is -0.558. The van der Waals surface area contributed by atoms with Crippen LogP contribution in [0.15, 0.2) is 41.7 Å². The number of carboxylic acids is 1. The number of aliphatic carboxylic acids is 1. The summed E-state index contributed by atoms with van der Waals surface area (Å²) in [4.78, 5) is 26.9. The van der Waals surface area contributed by atoms with E-state index in [4.69, 9.17) is 5.11 Å². The van der Waals surface area contributed by atoms with Crippen LogP contribution in [-0.4, -0.2) is 21.9 Å². The molecule has 1 aromatic carbocycles. The van der Waals surface area contributed by atoms with Crippen LogP contribution in [0.3, 0.4) is 0 Å². The maximum absolute atomic E-state index is 11.3. The number of rotatable bonds is 0. The van der Waals surface area contributed by atoms with Crippen molar-refractivity contribution in [2.24, 2.45) is 4.99 Å². The number of amides is 1. The van der Waals surface area contributed by atoms with Crippen molar-refractivity contribution < 1.29 is 14.7 Å². The second-order valence-electron chi connectivity index (χ2n) is 3.13. The van der Waals surface area contributed by atoms with Crippen molar-refractivity contribution in [1.29, 1.82) is 0 Å². The quantitative estimate of drug-likeness (QED) is 0.591. The third-order valence-electron chi connectivity index (χ3n) is 2.07. The van der Waals surface area contributed by atoms with Crippen molar-refractivity contribution in [3.05, 3.63) is 47.2 Å². The summed E-state index contributed by atoms with van der Waals surface area (Å²) in [5.41, 5.74) is 0. The van der Waals surface area contributed by atoms with Crippen molar-refractivity contribution in [3.8, 4) is 0 Å². The number of benzene rings is 1. The van der Waals surface area contributed by atoms with Gasteiger partial charge in [0.25, 0.3) is 0 Å². The maximum atomic E-state index is 11.3. The third-order valence-corrected chi connectivity index (χ3v) is 2.07. The van der Waals surface area contributed by atoms with Crippen LogP contribution in [0.4, 0.5) is 0 Å². The van der Waals surface area contributed by atoms with Crippen LogP contribution in [0.5, 0.6) is 0 Å². The van der Waals surface area contributed by atoms with Gasteiger partial charge >= 0.3 is 11.9 Å². The Morgan fingerprint density at radius 2 is 2.00 bits per heavy atom. The van der Waals surface area contributed by atoms with E-state index in [0.29, 0.717) is 10.6 Å². The molecule has 0 fully saturated rings. The highest BCUT2D eigenvalue weighted by Gasteiger charge is 2.17. The Hall–Kier alpha value is -2.43. The van der Waals surface area contributed by atoms with E-state index in [0.717, 1.165) is 4.90 Å². The molecule has 0 saturated heterocycles. The molecule has 1 N–H and O–H groups in total. The molecule has 0 radical (unpaired) electrons. The first kappa shape index (κ1) is 10.1. The molecular formula is C11H8N2O3. The number of hydrogen-bond acceptors (Lipinski definition) is 3. The van der Waals surface area contributed by atoms with Crippen LogP contribution in [0, 0.1) is 0 Å². The molecule has 1 aliphatic heterocycles. The highest BCUT2D eigenvalue weighted by molar-refractivity contribution is 6.32. The molecule has 5 heteroatoms. The number of carbonyl (C=O) groups excluding carboxylic acids is 1. The number of para-hydroxylation sites is 1. The summed E-state index contributed by atoms with van der Waals surface area (Å²) in [6.07, 6.45) is 4.15. The molecule has 0 aliphatic carbocycles. The fourth-order valence-corrected chi connectivity index (χ4v) is 1.33. The first-order valence-electron chi connectivity index (χ1n) is 4.55. The van der Waals surface area contributed by atoms with E-state index in [1.165, 1.54) is 18.6 Å². The van der Waals surface area contributed by atoms with Gasteiger partial charge in [-0.25, -0.2) is 4.79 Å². The zero-order valence-corrected chi connectivity index (χ0v) is 8.20. The Labute approximate surface area is 90.6 Å². The lowest BCUT2D eigenvalue weighted by Gasteiger charge is -2.07. The first-order chi connectivity index (χ1) is 7.68. The van der Waals surface area contributed by atoms with E-state index >= 15 is 0 Å². The molecule has 0 bridgehead atoms. The lowest BCUT2D eigenvalue weighted by molar-refractivity contribution is -0.152. The average Bonchev–Trinajstić information content (AvgIpc) is 2.49. The van der Waals surface area contributed by atoms with E-state index in [9.17, 15) is 9.59 Å². The van der Waals surface area contributed by atoms with Gasteiger partial charge in [0.1, 0.15) is 0 Å². The Bertz CT molecular complexity index is 589. The zero-order valence-electron chi connectivity index (χ0n) is 8.20. The van der Waals surface area contributed by atoms with Crippen LogP contribution >= 0.6 is 0 Å². The van der Waals surface area contributed by atoms with Gasteiger partial charge in [0, 0.05) is 23.8 Å². The largest absolute Gasteiger partial charge is 0.474 e. The van der Waals surface area contributed by atoms with Crippen molar-refractivity contribution in [2.45, 2.75) is 0 Å². The van der Waals surface area contributed by atoms with Crippen molar-refractivity contribution in [3.63, 3.8) is 0 Å². The molecular weight excluding hydrogens is 208 g/mol. The molecule has 1 aromatic rings. The molecule has 2 rings (SSSR count). The van der Waals surface area contributed by atoms with Gasteiger partial charge in [-0.15, -0.1) is 0 Å². The number of nitrogens with zero attached hydrogens (tertiary/aromatic N) is 2. The molecule has 5 nitrogen and oxygen atoms in total. The normalized spacial score (nSPS) is 13.1. The lowest BCUT2D eigenvalue weighted by atomic mass is 10.3. The molecule has 1 aliphatic rings. The Kier molecular flexibility index (Phi) is 2.51. The summed E-state index contributed by atoms with van der Waals surface area (Å²) in [7, 11) is 0. The smallest absolute Gasteiger partial charge is 0.395 e. The van der Waals surface area contributed by atoms with E-state index in [1.807, 2.05) is 6.07 Å². The van der Waals surface area contributed by atoms with Gasteiger partial charge in [-0.2, -0.15) is 0 Å². The van der Waals surface area contributed by atoms with E-state index in [1.54, 1.807) is 18.2 Å². The number of hydrogen-bond donors (Lipinski definition) is 1. The second kappa shape index (κ2) is 3.98. The van der Waals surface area contributed by atoms with Gasteiger partial charge in [-0.1, -0.05) is 18.2 Å². The third kappa shape index (κ3) is 1.83. The molecule has 0 atom stereocenters. The predicted molar refractivity (Wildman–Crippen MR) is 55.3 cm³/mol. The number of carboxylic acid groups (broad SMARTS) is 1. The molecule has 0 saturated carbocycles. The Morgan fingerprint density at radius 3 is 2.75 bits per heavy atom. The Balaban J connectivity index is 2.53. The Morgan fingerprint density at radius 1 is 1.25 bits per heavy atom. The van der Waals surface area contributed by atoms with Crippen molar-refractivity contribution in [2.75, 3.05) is 0 Å². The van der Waals surface area contributed by atoms with E-state index in [2.05, 4.69) is 4.99 Å². The summed E-state index contributed by atoms with van der Waals surface area (Å²) in [6, 6.07) is 7.15. The summed E-state index contributed by atoms with van der Waals surface area (Å²) >= 11 is 0. The highest BCUT2D eigenvalue weighted by atomic mass is 16.4. The van der Waals surface area contributed by atoms with E-state index in [-0.39, 0.29) is 0 Å². The average molecular weight is 216 g/mol. The summed E-state index contributed by atoms with van der Waals surface area (Å²) in [5.74, 6) is -2.51. The van der Waals surface area contributed by atoms with E-state index < -0.39 is 11.9 Å². The van der Waals surface area contributed by atoms with Crippen LogP contribution in [0.2, 0.25) is 0 Å².